The summed E-state index contributed by atoms with van der Waals surface area (Å²) in [6.07, 6.45) is 0. The summed E-state index contributed by atoms with van der Waals surface area (Å²) in [7, 11) is 0. The molecule has 0 bridgehead atoms. The minimum absolute atomic E-state index is 0.704. The van der Waals surface area contributed by atoms with E-state index in [1.165, 1.54) is 0 Å². The molecule has 0 nitrogen and oxygen atoms in total. The largest absolute Gasteiger partial charge is 0.0843 e. The molecule has 0 N–H and O–H groups in total. The zero-order valence-electron chi connectivity index (χ0n) is 5.00. The first-order valence-corrected chi connectivity index (χ1v) is 3.13. The van der Waals surface area contributed by atoms with Crippen LogP contribution in [0.4, 0.5) is 0 Å². The summed E-state index contributed by atoms with van der Waals surface area (Å²) in [4.78, 5) is 0.704. The Kier molecular flexibility index (Phi) is 1.96. The molecule has 0 fully saturated rings. The van der Waals surface area contributed by atoms with E-state index in [0.717, 1.165) is 5.56 Å². The van der Waals surface area contributed by atoms with Crippen LogP contribution in [0, 0.1) is 6.92 Å². The predicted molar refractivity (Wildman–Crippen MR) is 43.5 cm³/mol. The van der Waals surface area contributed by atoms with Gasteiger partial charge in [0, 0.05) is 4.86 Å². The first-order valence-electron chi connectivity index (χ1n) is 2.72. The molecular weight excluding hydrogens is 128 g/mol. The van der Waals surface area contributed by atoms with Crippen molar-refractivity contribution in [2.45, 2.75) is 0 Å². The van der Waals surface area contributed by atoms with E-state index < -0.39 is 0 Å². The Morgan fingerprint density at radius 3 is 2.11 bits per heavy atom. The van der Waals surface area contributed by atoms with E-state index in [1.807, 2.05) is 30.3 Å². The molecule has 0 atom stereocenters. The molecule has 0 amide bonds. The average Bonchev–Trinajstić information content (AvgIpc) is 1.90. The van der Waals surface area contributed by atoms with Crippen LogP contribution in [-0.4, -0.2) is 4.86 Å². The van der Waals surface area contributed by atoms with Crippen molar-refractivity contribution in [2.24, 2.45) is 0 Å². The van der Waals surface area contributed by atoms with Gasteiger partial charge in [-0.05, 0) is 12.5 Å². The monoisotopic (exact) mass is 135 g/mol. The molecule has 9 heavy (non-hydrogen) atoms. The molecule has 0 spiro atoms. The SMILES string of the molecule is [CH2]C(=S)c1ccccc1. The second-order valence-electron chi connectivity index (χ2n) is 1.79. The normalized spacial score (nSPS) is 9.00. The quantitative estimate of drug-likeness (QED) is 0.420. The van der Waals surface area contributed by atoms with Crippen molar-refractivity contribution in [1.29, 1.82) is 0 Å². The van der Waals surface area contributed by atoms with Crippen LogP contribution in [0.5, 0.6) is 0 Å². The zero-order valence-corrected chi connectivity index (χ0v) is 5.82. The van der Waals surface area contributed by atoms with E-state index in [1.54, 1.807) is 0 Å². The summed E-state index contributed by atoms with van der Waals surface area (Å²) in [5, 5.41) is 0. The van der Waals surface area contributed by atoms with Crippen molar-refractivity contribution >= 4 is 17.1 Å². The Hall–Kier alpha value is -0.690. The van der Waals surface area contributed by atoms with Gasteiger partial charge in [-0.25, -0.2) is 0 Å². The van der Waals surface area contributed by atoms with Crippen LogP contribution in [0.2, 0.25) is 0 Å². The molecule has 45 valence electrons. The van der Waals surface area contributed by atoms with E-state index in [-0.39, 0.29) is 0 Å². The van der Waals surface area contributed by atoms with Crippen molar-refractivity contribution in [3.63, 3.8) is 0 Å². The predicted octanol–water partition coefficient (Wildman–Crippen LogP) is 2.24. The Morgan fingerprint density at radius 2 is 1.78 bits per heavy atom. The molecule has 1 aromatic carbocycles. The summed E-state index contributed by atoms with van der Waals surface area (Å²) in [6, 6.07) is 9.77. The number of rotatable bonds is 1. The van der Waals surface area contributed by atoms with Gasteiger partial charge in [0.1, 0.15) is 0 Å². The van der Waals surface area contributed by atoms with Gasteiger partial charge in [-0.15, -0.1) is 0 Å². The van der Waals surface area contributed by atoms with E-state index in [9.17, 15) is 0 Å². The van der Waals surface area contributed by atoms with Gasteiger partial charge < -0.3 is 0 Å². The maximum Gasteiger partial charge on any atom is 0.0228 e. The Labute approximate surface area is 60.5 Å². The molecule has 0 aliphatic carbocycles. The maximum absolute atomic E-state index is 4.85. The van der Waals surface area contributed by atoms with E-state index in [2.05, 4.69) is 6.92 Å². The van der Waals surface area contributed by atoms with Crippen LogP contribution in [-0.2, 0) is 0 Å². The molecule has 1 rings (SSSR count). The van der Waals surface area contributed by atoms with Crippen molar-refractivity contribution in [3.8, 4) is 0 Å². The molecule has 0 heterocycles. The summed E-state index contributed by atoms with van der Waals surface area (Å²) in [5.74, 6) is 0. The number of hydrogen-bond donors (Lipinski definition) is 0. The Morgan fingerprint density at radius 1 is 1.22 bits per heavy atom. The number of benzene rings is 1. The van der Waals surface area contributed by atoms with E-state index in [4.69, 9.17) is 12.2 Å². The molecule has 1 radical (unpaired) electrons. The maximum atomic E-state index is 4.85. The summed E-state index contributed by atoms with van der Waals surface area (Å²) < 4.78 is 0. The molecular formula is C8H7S. The first kappa shape index (κ1) is 6.43. The molecule has 0 aliphatic rings. The standard InChI is InChI=1S/C8H7S/c1-7(9)8-5-3-2-4-6-8/h2-6H,1H2. The molecule has 0 unspecified atom stereocenters. The highest BCUT2D eigenvalue weighted by molar-refractivity contribution is 7.81. The fourth-order valence-corrected chi connectivity index (χ4v) is 0.760. The fourth-order valence-electron chi connectivity index (χ4n) is 0.624. The smallest absolute Gasteiger partial charge is 0.0228 e. The van der Waals surface area contributed by atoms with Gasteiger partial charge in [-0.3, -0.25) is 0 Å². The van der Waals surface area contributed by atoms with E-state index in [0.29, 0.717) is 4.86 Å². The van der Waals surface area contributed by atoms with Crippen LogP contribution in [0.1, 0.15) is 5.56 Å². The minimum Gasteiger partial charge on any atom is -0.0843 e. The minimum atomic E-state index is 0.704. The first-order chi connectivity index (χ1) is 4.30. The number of thiocarbonyl (C=S) groups is 1. The van der Waals surface area contributed by atoms with Gasteiger partial charge in [0.25, 0.3) is 0 Å². The van der Waals surface area contributed by atoms with Crippen molar-refractivity contribution in [3.05, 3.63) is 42.8 Å². The highest BCUT2D eigenvalue weighted by Gasteiger charge is 1.88. The van der Waals surface area contributed by atoms with Crippen molar-refractivity contribution in [1.82, 2.24) is 0 Å². The van der Waals surface area contributed by atoms with E-state index >= 15 is 0 Å². The van der Waals surface area contributed by atoms with Crippen LogP contribution in [0.3, 0.4) is 0 Å². The molecule has 1 heteroatoms. The topological polar surface area (TPSA) is 0 Å². The third-order valence-corrected chi connectivity index (χ3v) is 1.33. The lowest BCUT2D eigenvalue weighted by Crippen LogP contribution is -1.87. The van der Waals surface area contributed by atoms with Gasteiger partial charge in [0.05, 0.1) is 0 Å². The lowest BCUT2D eigenvalue weighted by atomic mass is 10.2. The summed E-state index contributed by atoms with van der Waals surface area (Å²) >= 11 is 4.85. The fraction of sp³-hybridized carbons (Fsp3) is 0. The Balaban J connectivity index is 2.98. The Bertz CT molecular complexity index is 201. The third-order valence-electron chi connectivity index (χ3n) is 1.10. The van der Waals surface area contributed by atoms with Crippen LogP contribution < -0.4 is 0 Å². The van der Waals surface area contributed by atoms with Crippen molar-refractivity contribution in [2.75, 3.05) is 0 Å². The van der Waals surface area contributed by atoms with Gasteiger partial charge >= 0.3 is 0 Å². The summed E-state index contributed by atoms with van der Waals surface area (Å²) in [5.41, 5.74) is 1.03. The highest BCUT2D eigenvalue weighted by Crippen LogP contribution is 1.98. The molecule has 1 aromatic rings. The van der Waals surface area contributed by atoms with Crippen LogP contribution in [0.15, 0.2) is 30.3 Å². The molecule has 0 aromatic heterocycles. The number of hydrogen-bond acceptors (Lipinski definition) is 1. The van der Waals surface area contributed by atoms with Crippen LogP contribution in [0.25, 0.3) is 0 Å². The molecule has 0 saturated heterocycles. The third kappa shape index (κ3) is 1.61. The van der Waals surface area contributed by atoms with Gasteiger partial charge in [0.2, 0.25) is 0 Å². The second-order valence-corrected chi connectivity index (χ2v) is 2.28. The highest BCUT2D eigenvalue weighted by atomic mass is 32.1. The average molecular weight is 135 g/mol. The molecule has 0 aliphatic heterocycles. The zero-order chi connectivity index (χ0) is 6.69. The second kappa shape index (κ2) is 2.74. The lowest BCUT2D eigenvalue weighted by molar-refractivity contribution is 1.68. The lowest BCUT2D eigenvalue weighted by Gasteiger charge is -1.92. The van der Waals surface area contributed by atoms with Gasteiger partial charge in [0.15, 0.2) is 0 Å². The summed E-state index contributed by atoms with van der Waals surface area (Å²) in [6.45, 7) is 3.64. The molecule has 0 saturated carbocycles. The van der Waals surface area contributed by atoms with Crippen molar-refractivity contribution < 1.29 is 0 Å². The van der Waals surface area contributed by atoms with Gasteiger partial charge in [-0.1, -0.05) is 42.5 Å². The van der Waals surface area contributed by atoms with Crippen LogP contribution >= 0.6 is 12.2 Å². The van der Waals surface area contributed by atoms with Gasteiger partial charge in [-0.2, -0.15) is 0 Å².